The maximum atomic E-state index is 12.3. The zero-order valence-electron chi connectivity index (χ0n) is 12.8. The smallest absolute Gasteiger partial charge is 0.231 e. The molecular weight excluding hydrogens is 292 g/mol. The molecule has 0 aliphatic carbocycles. The van der Waals surface area contributed by atoms with E-state index in [0.717, 1.165) is 5.56 Å². The van der Waals surface area contributed by atoms with Gasteiger partial charge in [-0.05, 0) is 35.9 Å². The first kappa shape index (κ1) is 14.9. The summed E-state index contributed by atoms with van der Waals surface area (Å²) < 4.78 is 10.7. The number of benzene rings is 2. The Morgan fingerprint density at radius 1 is 1.22 bits per heavy atom. The number of anilines is 1. The maximum absolute atomic E-state index is 12.3. The van der Waals surface area contributed by atoms with Gasteiger partial charge in [0, 0.05) is 12.1 Å². The topological polar surface area (TPSA) is 62.6 Å². The Morgan fingerprint density at radius 2 is 2.04 bits per heavy atom. The Morgan fingerprint density at radius 3 is 2.83 bits per heavy atom. The summed E-state index contributed by atoms with van der Waals surface area (Å²) in [6.45, 7) is 2.46. The van der Waals surface area contributed by atoms with E-state index in [4.69, 9.17) is 14.7 Å². The number of hydrogen-bond acceptors (Lipinski definition) is 4. The van der Waals surface area contributed by atoms with E-state index in [2.05, 4.69) is 6.07 Å². The average Bonchev–Trinajstić information content (AvgIpc) is 3.06. The molecule has 0 radical (unpaired) electrons. The number of rotatable bonds is 4. The van der Waals surface area contributed by atoms with Crippen molar-refractivity contribution in [2.45, 2.75) is 19.9 Å². The molecule has 1 heterocycles. The van der Waals surface area contributed by atoms with Crippen molar-refractivity contribution >= 4 is 11.6 Å². The average molecular weight is 308 g/mol. The molecule has 2 aromatic carbocycles. The van der Waals surface area contributed by atoms with Crippen LogP contribution in [-0.2, 0) is 11.3 Å². The fourth-order valence-corrected chi connectivity index (χ4v) is 2.48. The van der Waals surface area contributed by atoms with Crippen LogP contribution in [0.1, 0.15) is 24.5 Å². The number of nitriles is 1. The summed E-state index contributed by atoms with van der Waals surface area (Å²) in [6.07, 6.45) is 0.390. The van der Waals surface area contributed by atoms with E-state index in [1.807, 2.05) is 31.2 Å². The standard InChI is InChI=1S/C18H16N2O3/c1-2-18(21)20(15-5-3-4-13(8-15)10-19)11-14-6-7-16-17(9-14)23-12-22-16/h3-9H,2,11-12H2,1H3. The largest absolute Gasteiger partial charge is 0.454 e. The Bertz CT molecular complexity index is 780. The molecule has 0 aromatic heterocycles. The molecule has 0 atom stereocenters. The fraction of sp³-hybridized carbons (Fsp3) is 0.222. The van der Waals surface area contributed by atoms with E-state index in [0.29, 0.717) is 35.7 Å². The van der Waals surface area contributed by atoms with Crippen LogP contribution in [-0.4, -0.2) is 12.7 Å². The van der Waals surface area contributed by atoms with Crippen LogP contribution in [0, 0.1) is 11.3 Å². The second-order valence-corrected chi connectivity index (χ2v) is 5.18. The first-order valence-electron chi connectivity index (χ1n) is 7.40. The predicted molar refractivity (Wildman–Crippen MR) is 85.2 cm³/mol. The van der Waals surface area contributed by atoms with Crippen molar-refractivity contribution in [2.24, 2.45) is 0 Å². The molecular formula is C18H16N2O3. The lowest BCUT2D eigenvalue weighted by molar-refractivity contribution is -0.118. The zero-order chi connectivity index (χ0) is 16.2. The van der Waals surface area contributed by atoms with E-state index < -0.39 is 0 Å². The number of ether oxygens (including phenoxy) is 2. The van der Waals surface area contributed by atoms with Gasteiger partial charge in [0.2, 0.25) is 12.7 Å². The highest BCUT2D eigenvalue weighted by Crippen LogP contribution is 2.33. The van der Waals surface area contributed by atoms with E-state index in [-0.39, 0.29) is 12.7 Å². The molecule has 0 saturated carbocycles. The van der Waals surface area contributed by atoms with Gasteiger partial charge in [-0.3, -0.25) is 4.79 Å². The van der Waals surface area contributed by atoms with Crippen LogP contribution in [0.25, 0.3) is 0 Å². The molecule has 0 saturated heterocycles. The van der Waals surface area contributed by atoms with Crippen LogP contribution in [0.15, 0.2) is 42.5 Å². The summed E-state index contributed by atoms with van der Waals surface area (Å²) in [5, 5.41) is 9.05. The quantitative estimate of drug-likeness (QED) is 0.870. The third kappa shape index (κ3) is 3.11. The zero-order valence-corrected chi connectivity index (χ0v) is 12.8. The van der Waals surface area contributed by atoms with Crippen molar-refractivity contribution in [3.63, 3.8) is 0 Å². The van der Waals surface area contributed by atoms with Gasteiger partial charge >= 0.3 is 0 Å². The molecule has 1 aliphatic heterocycles. The van der Waals surface area contributed by atoms with Crippen molar-refractivity contribution in [2.75, 3.05) is 11.7 Å². The summed E-state index contributed by atoms with van der Waals surface area (Å²) in [4.78, 5) is 14.0. The van der Waals surface area contributed by atoms with E-state index >= 15 is 0 Å². The van der Waals surface area contributed by atoms with Gasteiger partial charge in [-0.15, -0.1) is 0 Å². The second kappa shape index (κ2) is 6.41. The fourth-order valence-electron chi connectivity index (χ4n) is 2.48. The normalized spacial score (nSPS) is 11.8. The molecule has 3 rings (SSSR count). The molecule has 0 spiro atoms. The van der Waals surface area contributed by atoms with Crippen LogP contribution >= 0.6 is 0 Å². The van der Waals surface area contributed by atoms with Crippen molar-refractivity contribution in [3.05, 3.63) is 53.6 Å². The van der Waals surface area contributed by atoms with Gasteiger partial charge in [0.05, 0.1) is 18.2 Å². The number of carbonyl (C=O) groups excluding carboxylic acids is 1. The lowest BCUT2D eigenvalue weighted by atomic mass is 10.1. The molecule has 2 aromatic rings. The molecule has 5 nitrogen and oxygen atoms in total. The Kier molecular flexibility index (Phi) is 4.15. The van der Waals surface area contributed by atoms with Gasteiger partial charge in [-0.25, -0.2) is 0 Å². The third-order valence-electron chi connectivity index (χ3n) is 3.67. The summed E-state index contributed by atoms with van der Waals surface area (Å²) in [5.74, 6) is 1.41. The van der Waals surface area contributed by atoms with Gasteiger partial charge in [0.1, 0.15) is 0 Å². The predicted octanol–water partition coefficient (Wildman–Crippen LogP) is 3.23. The van der Waals surface area contributed by atoms with E-state index in [1.165, 1.54) is 0 Å². The Labute approximate surface area is 134 Å². The molecule has 1 amide bonds. The van der Waals surface area contributed by atoms with E-state index in [1.54, 1.807) is 23.1 Å². The summed E-state index contributed by atoms with van der Waals surface area (Å²) in [7, 11) is 0. The number of carbonyl (C=O) groups is 1. The molecule has 116 valence electrons. The van der Waals surface area contributed by atoms with Gasteiger partial charge in [0.25, 0.3) is 0 Å². The number of hydrogen-bond donors (Lipinski definition) is 0. The first-order chi connectivity index (χ1) is 11.2. The number of fused-ring (bicyclic) bond motifs is 1. The first-order valence-corrected chi connectivity index (χ1v) is 7.40. The molecule has 0 fully saturated rings. The third-order valence-corrected chi connectivity index (χ3v) is 3.67. The van der Waals surface area contributed by atoms with Gasteiger partial charge in [-0.1, -0.05) is 19.1 Å². The molecule has 5 heteroatoms. The Balaban J connectivity index is 1.90. The minimum absolute atomic E-state index is 0.00208. The highest BCUT2D eigenvalue weighted by molar-refractivity contribution is 5.93. The molecule has 0 N–H and O–H groups in total. The molecule has 1 aliphatic rings. The highest BCUT2D eigenvalue weighted by atomic mass is 16.7. The molecule has 23 heavy (non-hydrogen) atoms. The van der Waals surface area contributed by atoms with Crippen LogP contribution in [0.4, 0.5) is 5.69 Å². The van der Waals surface area contributed by atoms with Crippen LogP contribution in [0.2, 0.25) is 0 Å². The van der Waals surface area contributed by atoms with E-state index in [9.17, 15) is 4.79 Å². The monoisotopic (exact) mass is 308 g/mol. The lowest BCUT2D eigenvalue weighted by Crippen LogP contribution is -2.29. The summed E-state index contributed by atoms with van der Waals surface area (Å²) in [5.41, 5.74) is 2.19. The number of nitrogens with zero attached hydrogens (tertiary/aromatic N) is 2. The molecule has 0 unspecified atom stereocenters. The summed E-state index contributed by atoms with van der Waals surface area (Å²) in [6, 6.07) is 14.8. The van der Waals surface area contributed by atoms with Gasteiger partial charge in [-0.2, -0.15) is 5.26 Å². The SMILES string of the molecule is CCC(=O)N(Cc1ccc2c(c1)OCO2)c1cccc(C#N)c1. The maximum Gasteiger partial charge on any atom is 0.231 e. The Hall–Kier alpha value is -3.00. The van der Waals surface area contributed by atoms with Crippen molar-refractivity contribution in [1.29, 1.82) is 5.26 Å². The minimum Gasteiger partial charge on any atom is -0.454 e. The van der Waals surface area contributed by atoms with Gasteiger partial charge < -0.3 is 14.4 Å². The van der Waals surface area contributed by atoms with Crippen molar-refractivity contribution < 1.29 is 14.3 Å². The van der Waals surface area contributed by atoms with Gasteiger partial charge in [0.15, 0.2) is 11.5 Å². The molecule has 0 bridgehead atoms. The highest BCUT2D eigenvalue weighted by Gasteiger charge is 2.18. The lowest BCUT2D eigenvalue weighted by Gasteiger charge is -2.23. The van der Waals surface area contributed by atoms with Crippen LogP contribution in [0.5, 0.6) is 11.5 Å². The van der Waals surface area contributed by atoms with Crippen LogP contribution < -0.4 is 14.4 Å². The van der Waals surface area contributed by atoms with Crippen molar-refractivity contribution in [1.82, 2.24) is 0 Å². The van der Waals surface area contributed by atoms with Crippen LogP contribution in [0.3, 0.4) is 0 Å². The minimum atomic E-state index is -0.00208. The second-order valence-electron chi connectivity index (χ2n) is 5.18. The summed E-state index contributed by atoms with van der Waals surface area (Å²) >= 11 is 0. The number of amides is 1. The van der Waals surface area contributed by atoms with Crippen molar-refractivity contribution in [3.8, 4) is 17.6 Å².